The highest BCUT2D eigenvalue weighted by molar-refractivity contribution is 6.38. The third kappa shape index (κ3) is 10.3. The zero-order valence-corrected chi connectivity index (χ0v) is 31.4. The first-order valence-corrected chi connectivity index (χ1v) is 18.6. The number of hydrogen-bond donors (Lipinski definition) is 4. The normalized spacial score (nSPS) is 21.7. The summed E-state index contributed by atoms with van der Waals surface area (Å²) in [5.41, 5.74) is -0.201. The molecular formula is C38H56N6O8. The van der Waals surface area contributed by atoms with Crippen molar-refractivity contribution in [2.45, 2.75) is 128 Å². The van der Waals surface area contributed by atoms with Gasteiger partial charge in [0, 0.05) is 20.1 Å². The molecule has 286 valence electrons. The average Bonchev–Trinajstić information content (AvgIpc) is 3.73. The molecule has 4 N–H and O–H groups in total. The van der Waals surface area contributed by atoms with Gasteiger partial charge in [0.25, 0.3) is 5.91 Å². The first kappa shape index (κ1) is 40.3. The molecule has 3 unspecified atom stereocenters. The second-order valence-electron chi connectivity index (χ2n) is 15.5. The molecule has 2 saturated carbocycles. The highest BCUT2D eigenvalue weighted by Crippen LogP contribution is 2.43. The summed E-state index contributed by atoms with van der Waals surface area (Å²) in [6.07, 6.45) is 6.52. The molecule has 1 aromatic carbocycles. The molecule has 3 aliphatic rings. The molecule has 52 heavy (non-hydrogen) atoms. The lowest BCUT2D eigenvalue weighted by Gasteiger charge is -2.40. The van der Waals surface area contributed by atoms with Crippen LogP contribution in [0.15, 0.2) is 30.3 Å². The van der Waals surface area contributed by atoms with Gasteiger partial charge >= 0.3 is 6.09 Å². The van der Waals surface area contributed by atoms with E-state index in [-0.39, 0.29) is 36.1 Å². The SMILES string of the molecule is CCCC(NC(=O)[C@@H]1C2CCC(C2)N1C(=O)[C@@H](NC(=O)OC(C)(C)C)C1CCCCC1)C(=O)C(=O)NCC(=O)N[C@H](C(=O)N(C)C)c1ccccc1. The van der Waals surface area contributed by atoms with Gasteiger partial charge in [0.05, 0.1) is 12.6 Å². The molecule has 2 aliphatic carbocycles. The van der Waals surface area contributed by atoms with Crippen molar-refractivity contribution in [1.29, 1.82) is 0 Å². The van der Waals surface area contributed by atoms with Crippen LogP contribution in [0.1, 0.15) is 104 Å². The standard InChI is InChI=1S/C38H56N6O8/c1-7-14-27(32(46)34(48)39-22-28(45)41-29(35(49)43(5)6)23-15-10-8-11-16-23)40-33(47)31-25-19-20-26(21-25)44(31)36(50)30(24-17-12-9-13-18-24)42-37(51)52-38(2,3)4/h8,10-11,15-16,24-27,29-31H,7,9,12-14,17-22H2,1-6H3,(H,39,48)(H,40,47)(H,41,45)(H,42,51)/t25?,26?,27?,29-,30-,31-/m0/s1. The van der Waals surface area contributed by atoms with Crippen molar-refractivity contribution < 1.29 is 38.3 Å². The maximum atomic E-state index is 14.4. The Labute approximate surface area is 306 Å². The van der Waals surface area contributed by atoms with Crippen molar-refractivity contribution in [2.75, 3.05) is 20.6 Å². The van der Waals surface area contributed by atoms with Gasteiger partial charge in [-0.1, -0.05) is 62.9 Å². The maximum Gasteiger partial charge on any atom is 0.408 e. The summed E-state index contributed by atoms with van der Waals surface area (Å²) in [5.74, 6) is -4.09. The fourth-order valence-corrected chi connectivity index (χ4v) is 7.71. The smallest absolute Gasteiger partial charge is 0.408 e. The Balaban J connectivity index is 1.43. The monoisotopic (exact) mass is 724 g/mol. The minimum Gasteiger partial charge on any atom is -0.444 e. The summed E-state index contributed by atoms with van der Waals surface area (Å²) in [4.78, 5) is 96.4. The van der Waals surface area contributed by atoms with E-state index in [1.165, 1.54) is 4.90 Å². The number of Topliss-reactive ketones (excluding diaryl/α,β-unsaturated/α-hetero) is 1. The van der Waals surface area contributed by atoms with Gasteiger partial charge in [-0.3, -0.25) is 28.8 Å². The van der Waals surface area contributed by atoms with Crippen LogP contribution in [0.25, 0.3) is 0 Å². The first-order chi connectivity index (χ1) is 24.6. The van der Waals surface area contributed by atoms with E-state index in [4.69, 9.17) is 4.74 Å². The summed E-state index contributed by atoms with van der Waals surface area (Å²) in [7, 11) is 3.13. The fourth-order valence-electron chi connectivity index (χ4n) is 7.71. The number of rotatable bonds is 14. The van der Waals surface area contributed by atoms with Crippen molar-refractivity contribution in [1.82, 2.24) is 31.1 Å². The number of hydrogen-bond acceptors (Lipinski definition) is 8. The third-order valence-electron chi connectivity index (χ3n) is 10.1. The number of ketones is 1. The van der Waals surface area contributed by atoms with E-state index in [0.29, 0.717) is 18.4 Å². The van der Waals surface area contributed by atoms with Gasteiger partial charge in [0.2, 0.25) is 29.4 Å². The molecule has 14 nitrogen and oxygen atoms in total. The minimum absolute atomic E-state index is 0.101. The molecule has 0 spiro atoms. The summed E-state index contributed by atoms with van der Waals surface area (Å²) in [6.45, 7) is 6.51. The van der Waals surface area contributed by atoms with Crippen molar-refractivity contribution in [2.24, 2.45) is 11.8 Å². The minimum atomic E-state index is -1.18. The Hall–Kier alpha value is -4.49. The number of likely N-dealkylation sites (N-methyl/N-ethyl adjacent to an activating group) is 1. The molecule has 0 radical (unpaired) electrons. The Morgan fingerprint density at radius 1 is 0.904 bits per heavy atom. The highest BCUT2D eigenvalue weighted by Gasteiger charge is 2.53. The summed E-state index contributed by atoms with van der Waals surface area (Å²) in [6, 6.07) is 4.59. The van der Waals surface area contributed by atoms with E-state index < -0.39 is 65.9 Å². The number of carbonyl (C=O) groups is 7. The third-order valence-corrected chi connectivity index (χ3v) is 10.1. The lowest BCUT2D eigenvalue weighted by Crippen LogP contribution is -2.61. The predicted molar refractivity (Wildman–Crippen MR) is 192 cm³/mol. The average molecular weight is 725 g/mol. The lowest BCUT2D eigenvalue weighted by atomic mass is 9.83. The van der Waals surface area contributed by atoms with Crippen molar-refractivity contribution in [3.05, 3.63) is 35.9 Å². The van der Waals surface area contributed by atoms with Gasteiger partial charge in [0.15, 0.2) is 0 Å². The zero-order chi connectivity index (χ0) is 38.2. The van der Waals surface area contributed by atoms with Gasteiger partial charge in [0.1, 0.15) is 23.7 Å². The molecule has 1 saturated heterocycles. The Kier molecular flexibility index (Phi) is 13.8. The zero-order valence-electron chi connectivity index (χ0n) is 31.4. The summed E-state index contributed by atoms with van der Waals surface area (Å²) >= 11 is 0. The molecule has 6 atom stereocenters. The van der Waals surface area contributed by atoms with Crippen LogP contribution in [0.3, 0.4) is 0 Å². The molecule has 1 aromatic rings. The number of likely N-dealkylation sites (tertiary alicyclic amines) is 1. The summed E-state index contributed by atoms with van der Waals surface area (Å²) in [5, 5.41) is 10.6. The van der Waals surface area contributed by atoms with Crippen molar-refractivity contribution in [3.63, 3.8) is 0 Å². The maximum absolute atomic E-state index is 14.4. The van der Waals surface area contributed by atoms with E-state index in [9.17, 15) is 33.6 Å². The number of amides is 6. The molecular weight excluding hydrogens is 668 g/mol. The fraction of sp³-hybridized carbons (Fsp3) is 0.658. The van der Waals surface area contributed by atoms with Gasteiger partial charge in [-0.05, 0) is 76.7 Å². The molecule has 14 heteroatoms. The number of nitrogens with zero attached hydrogens (tertiary/aromatic N) is 2. The molecule has 2 bridgehead atoms. The number of fused-ring (bicyclic) bond motifs is 2. The highest BCUT2D eigenvalue weighted by atomic mass is 16.6. The van der Waals surface area contributed by atoms with Gasteiger partial charge in [-0.2, -0.15) is 0 Å². The van der Waals surface area contributed by atoms with Crippen LogP contribution in [0, 0.1) is 11.8 Å². The second kappa shape index (κ2) is 17.8. The number of piperidine rings is 1. The van der Waals surface area contributed by atoms with Crippen LogP contribution in [-0.4, -0.2) is 102 Å². The van der Waals surface area contributed by atoms with Crippen LogP contribution < -0.4 is 21.3 Å². The first-order valence-electron chi connectivity index (χ1n) is 18.6. The van der Waals surface area contributed by atoms with Gasteiger partial charge in [-0.15, -0.1) is 0 Å². The Bertz CT molecular complexity index is 1470. The second-order valence-corrected chi connectivity index (χ2v) is 15.5. The van der Waals surface area contributed by atoms with E-state index >= 15 is 0 Å². The summed E-state index contributed by atoms with van der Waals surface area (Å²) < 4.78 is 5.51. The van der Waals surface area contributed by atoms with Crippen LogP contribution in [0.4, 0.5) is 4.79 Å². The van der Waals surface area contributed by atoms with Crippen molar-refractivity contribution in [3.8, 4) is 0 Å². The largest absolute Gasteiger partial charge is 0.444 e. The van der Waals surface area contributed by atoms with E-state index in [2.05, 4.69) is 21.3 Å². The molecule has 1 heterocycles. The predicted octanol–water partition coefficient (Wildman–Crippen LogP) is 2.76. The Morgan fingerprint density at radius 3 is 2.19 bits per heavy atom. The van der Waals surface area contributed by atoms with E-state index in [1.807, 2.05) is 6.92 Å². The van der Waals surface area contributed by atoms with Crippen molar-refractivity contribution >= 4 is 41.4 Å². The molecule has 4 rings (SSSR count). The number of ether oxygens (including phenoxy) is 1. The molecule has 6 amide bonds. The van der Waals surface area contributed by atoms with Crippen LogP contribution >= 0.6 is 0 Å². The van der Waals surface area contributed by atoms with Gasteiger partial charge < -0.3 is 35.8 Å². The molecule has 0 aromatic heterocycles. The number of carbonyl (C=O) groups excluding carboxylic acids is 7. The number of benzene rings is 1. The van der Waals surface area contributed by atoms with Crippen LogP contribution in [0.2, 0.25) is 0 Å². The Morgan fingerprint density at radius 2 is 1.58 bits per heavy atom. The van der Waals surface area contributed by atoms with Crippen LogP contribution in [0.5, 0.6) is 0 Å². The van der Waals surface area contributed by atoms with Gasteiger partial charge in [-0.25, -0.2) is 4.79 Å². The van der Waals surface area contributed by atoms with E-state index in [1.54, 1.807) is 70.1 Å². The number of alkyl carbamates (subject to hydrolysis) is 1. The van der Waals surface area contributed by atoms with Crippen LogP contribution in [-0.2, 0) is 33.5 Å². The quantitative estimate of drug-likeness (QED) is 0.211. The topological polar surface area (TPSA) is 183 Å². The molecule has 1 aliphatic heterocycles. The lowest BCUT2D eigenvalue weighted by molar-refractivity contribution is -0.147. The number of nitrogens with one attached hydrogen (secondary N) is 4. The molecule has 3 fully saturated rings. The van der Waals surface area contributed by atoms with E-state index in [0.717, 1.165) is 44.9 Å².